The molecule has 3 N–H and O–H groups in total. The SMILES string of the molecule is Cc1ccc(C(=O)NCC2CNCC2O)c(Br)c1. The van der Waals surface area contributed by atoms with E-state index < -0.39 is 0 Å². The molecule has 1 heterocycles. The van der Waals surface area contributed by atoms with Crippen LogP contribution in [-0.4, -0.2) is 36.8 Å². The number of benzene rings is 1. The van der Waals surface area contributed by atoms with E-state index in [2.05, 4.69) is 26.6 Å². The Bertz CT molecular complexity index is 451. The summed E-state index contributed by atoms with van der Waals surface area (Å²) < 4.78 is 0.796. The third-order valence-corrected chi connectivity index (χ3v) is 3.85. The zero-order valence-corrected chi connectivity index (χ0v) is 11.8. The molecule has 1 fully saturated rings. The molecule has 1 aliphatic rings. The van der Waals surface area contributed by atoms with Crippen LogP contribution in [0.2, 0.25) is 0 Å². The molecule has 5 heteroatoms. The van der Waals surface area contributed by atoms with Gasteiger partial charge in [-0.2, -0.15) is 0 Å². The van der Waals surface area contributed by atoms with Crippen molar-refractivity contribution >= 4 is 21.8 Å². The third-order valence-electron chi connectivity index (χ3n) is 3.20. The lowest BCUT2D eigenvalue weighted by molar-refractivity contribution is 0.0926. The Morgan fingerprint density at radius 2 is 2.33 bits per heavy atom. The maximum atomic E-state index is 12.0. The zero-order chi connectivity index (χ0) is 13.1. The van der Waals surface area contributed by atoms with Crippen LogP contribution in [0.4, 0.5) is 0 Å². The molecular formula is C13H17BrN2O2. The van der Waals surface area contributed by atoms with Gasteiger partial charge in [-0.15, -0.1) is 0 Å². The van der Waals surface area contributed by atoms with Gasteiger partial charge in [-0.05, 0) is 40.5 Å². The fraction of sp³-hybridized carbons (Fsp3) is 0.462. The van der Waals surface area contributed by atoms with E-state index >= 15 is 0 Å². The summed E-state index contributed by atoms with van der Waals surface area (Å²) in [6.45, 7) is 3.82. The standard InChI is InChI=1S/C13H17BrN2O2/c1-8-2-3-10(11(14)4-8)13(18)16-6-9-5-15-7-12(9)17/h2-4,9,12,15,17H,5-7H2,1H3,(H,16,18). The summed E-state index contributed by atoms with van der Waals surface area (Å²) in [6.07, 6.45) is -0.369. The van der Waals surface area contributed by atoms with Gasteiger partial charge in [0.15, 0.2) is 0 Å². The molecule has 0 aliphatic carbocycles. The van der Waals surface area contributed by atoms with E-state index in [1.165, 1.54) is 0 Å². The minimum atomic E-state index is -0.369. The molecular weight excluding hydrogens is 296 g/mol. The summed E-state index contributed by atoms with van der Waals surface area (Å²) >= 11 is 3.39. The number of carbonyl (C=O) groups excluding carboxylic acids is 1. The first-order valence-corrected chi connectivity index (χ1v) is 6.80. The largest absolute Gasteiger partial charge is 0.391 e. The molecule has 4 nitrogen and oxygen atoms in total. The highest BCUT2D eigenvalue weighted by Gasteiger charge is 2.25. The minimum absolute atomic E-state index is 0.0955. The van der Waals surface area contributed by atoms with Gasteiger partial charge in [0, 0.05) is 30.0 Å². The Balaban J connectivity index is 1.95. The summed E-state index contributed by atoms with van der Waals surface area (Å²) in [6, 6.07) is 5.63. The Hall–Kier alpha value is -0.910. The van der Waals surface area contributed by atoms with E-state index in [0.717, 1.165) is 16.6 Å². The Morgan fingerprint density at radius 1 is 1.56 bits per heavy atom. The molecule has 1 aliphatic heterocycles. The number of hydrogen-bond acceptors (Lipinski definition) is 3. The maximum Gasteiger partial charge on any atom is 0.252 e. The van der Waals surface area contributed by atoms with E-state index in [9.17, 15) is 9.90 Å². The van der Waals surface area contributed by atoms with Crippen molar-refractivity contribution in [2.45, 2.75) is 13.0 Å². The molecule has 1 aromatic carbocycles. The quantitative estimate of drug-likeness (QED) is 0.782. The highest BCUT2D eigenvalue weighted by Crippen LogP contribution is 2.18. The number of rotatable bonds is 3. The van der Waals surface area contributed by atoms with Crippen LogP contribution < -0.4 is 10.6 Å². The van der Waals surface area contributed by atoms with Gasteiger partial charge in [-0.3, -0.25) is 4.79 Å². The van der Waals surface area contributed by atoms with Gasteiger partial charge in [0.05, 0.1) is 11.7 Å². The molecule has 1 amide bonds. The average Bonchev–Trinajstić information content (AvgIpc) is 2.72. The third kappa shape index (κ3) is 3.10. The molecule has 1 saturated heterocycles. The molecule has 2 unspecified atom stereocenters. The second-order valence-corrected chi connectivity index (χ2v) is 5.53. The van der Waals surface area contributed by atoms with Gasteiger partial charge in [0.1, 0.15) is 0 Å². The van der Waals surface area contributed by atoms with Crippen LogP contribution in [0.3, 0.4) is 0 Å². The molecule has 1 aromatic rings. The van der Waals surface area contributed by atoms with Crippen LogP contribution in [0.15, 0.2) is 22.7 Å². The predicted molar refractivity (Wildman–Crippen MR) is 73.6 cm³/mol. The second-order valence-electron chi connectivity index (χ2n) is 4.68. The van der Waals surface area contributed by atoms with E-state index in [1.807, 2.05) is 19.1 Å². The van der Waals surface area contributed by atoms with E-state index in [1.54, 1.807) is 6.07 Å². The summed E-state index contributed by atoms with van der Waals surface area (Å²) in [4.78, 5) is 12.0. The van der Waals surface area contributed by atoms with Gasteiger partial charge in [0.25, 0.3) is 5.91 Å². The number of aryl methyl sites for hydroxylation is 1. The van der Waals surface area contributed by atoms with Crippen LogP contribution in [0.25, 0.3) is 0 Å². The molecule has 0 aromatic heterocycles. The van der Waals surface area contributed by atoms with E-state index in [0.29, 0.717) is 18.7 Å². The fourth-order valence-electron chi connectivity index (χ4n) is 2.05. The summed E-state index contributed by atoms with van der Waals surface area (Å²) in [7, 11) is 0. The van der Waals surface area contributed by atoms with Crippen molar-refractivity contribution in [1.82, 2.24) is 10.6 Å². The van der Waals surface area contributed by atoms with E-state index in [-0.39, 0.29) is 17.9 Å². The van der Waals surface area contributed by atoms with Gasteiger partial charge in [-0.1, -0.05) is 6.07 Å². The fourth-order valence-corrected chi connectivity index (χ4v) is 2.72. The highest BCUT2D eigenvalue weighted by molar-refractivity contribution is 9.10. The van der Waals surface area contributed by atoms with Crippen molar-refractivity contribution in [1.29, 1.82) is 0 Å². The number of nitrogens with one attached hydrogen (secondary N) is 2. The van der Waals surface area contributed by atoms with Crippen molar-refractivity contribution in [3.63, 3.8) is 0 Å². The zero-order valence-electron chi connectivity index (χ0n) is 10.2. The molecule has 18 heavy (non-hydrogen) atoms. The number of aliphatic hydroxyl groups excluding tert-OH is 1. The first kappa shape index (κ1) is 13.5. The molecule has 98 valence electrons. The lowest BCUT2D eigenvalue weighted by Crippen LogP contribution is -2.34. The van der Waals surface area contributed by atoms with E-state index in [4.69, 9.17) is 0 Å². The van der Waals surface area contributed by atoms with Gasteiger partial charge in [0.2, 0.25) is 0 Å². The minimum Gasteiger partial charge on any atom is -0.391 e. The summed E-state index contributed by atoms with van der Waals surface area (Å²) in [5.74, 6) is -0.0147. The molecule has 2 atom stereocenters. The molecule has 2 rings (SSSR count). The summed E-state index contributed by atoms with van der Waals surface area (Å²) in [5, 5.41) is 15.6. The molecule has 0 saturated carbocycles. The highest BCUT2D eigenvalue weighted by atomic mass is 79.9. The van der Waals surface area contributed by atoms with Crippen LogP contribution >= 0.6 is 15.9 Å². The smallest absolute Gasteiger partial charge is 0.252 e. The monoisotopic (exact) mass is 312 g/mol. The summed E-state index contributed by atoms with van der Waals surface area (Å²) in [5.41, 5.74) is 1.73. The lowest BCUT2D eigenvalue weighted by Gasteiger charge is -2.14. The van der Waals surface area contributed by atoms with Gasteiger partial charge < -0.3 is 15.7 Å². The lowest BCUT2D eigenvalue weighted by atomic mass is 10.1. The Morgan fingerprint density at radius 3 is 2.94 bits per heavy atom. The molecule has 0 radical (unpaired) electrons. The van der Waals surface area contributed by atoms with Crippen molar-refractivity contribution in [3.05, 3.63) is 33.8 Å². The first-order chi connectivity index (χ1) is 8.58. The van der Waals surface area contributed by atoms with Crippen LogP contribution in [0.1, 0.15) is 15.9 Å². The predicted octanol–water partition coefficient (Wildman–Crippen LogP) is 1.07. The number of aliphatic hydroxyl groups is 1. The molecule has 0 spiro atoms. The average molecular weight is 313 g/mol. The van der Waals surface area contributed by atoms with Crippen molar-refractivity contribution in [2.75, 3.05) is 19.6 Å². The normalized spacial score (nSPS) is 23.1. The topological polar surface area (TPSA) is 61.4 Å². The van der Waals surface area contributed by atoms with Crippen LogP contribution in [0, 0.1) is 12.8 Å². The van der Waals surface area contributed by atoms with Gasteiger partial charge >= 0.3 is 0 Å². The number of halogens is 1. The number of β-amino-alcohol motifs (C(OH)–C–C–N with tert-alkyl or cyclic N) is 1. The van der Waals surface area contributed by atoms with Crippen LogP contribution in [-0.2, 0) is 0 Å². The maximum absolute atomic E-state index is 12.0. The second kappa shape index (κ2) is 5.82. The number of hydrogen-bond donors (Lipinski definition) is 3. The number of amides is 1. The van der Waals surface area contributed by atoms with Crippen LogP contribution in [0.5, 0.6) is 0 Å². The van der Waals surface area contributed by atoms with Crippen molar-refractivity contribution in [2.24, 2.45) is 5.92 Å². The van der Waals surface area contributed by atoms with Crippen molar-refractivity contribution < 1.29 is 9.90 Å². The Labute approximate surface area is 115 Å². The first-order valence-electron chi connectivity index (χ1n) is 6.01. The molecule has 0 bridgehead atoms. The van der Waals surface area contributed by atoms with Gasteiger partial charge in [-0.25, -0.2) is 0 Å². The van der Waals surface area contributed by atoms with Crippen molar-refractivity contribution in [3.8, 4) is 0 Å². The number of carbonyl (C=O) groups is 1. The Kier molecular flexibility index (Phi) is 4.37.